The molecule has 5 nitrogen and oxygen atoms in total. The molecule has 6 heteroatoms. The van der Waals surface area contributed by atoms with Crippen LogP contribution in [-0.2, 0) is 9.53 Å². The molecule has 0 atom stereocenters. The molecule has 0 saturated heterocycles. The molecule has 0 aromatic rings. The second-order valence-electron chi connectivity index (χ2n) is 4.08. The topological polar surface area (TPSA) is 67.4 Å². The predicted octanol–water partition coefficient (Wildman–Crippen LogP) is 1.40. The molecule has 17 heavy (non-hydrogen) atoms. The van der Waals surface area contributed by atoms with Gasteiger partial charge in [0.05, 0.1) is 6.61 Å². The van der Waals surface area contributed by atoms with Crippen LogP contribution in [0.4, 0.5) is 4.79 Å². The van der Waals surface area contributed by atoms with Crippen molar-refractivity contribution >= 4 is 23.6 Å². The van der Waals surface area contributed by atoms with Crippen LogP contribution in [0.15, 0.2) is 0 Å². The van der Waals surface area contributed by atoms with Crippen LogP contribution in [0.25, 0.3) is 0 Å². The van der Waals surface area contributed by atoms with Gasteiger partial charge < -0.3 is 15.4 Å². The van der Waals surface area contributed by atoms with Gasteiger partial charge in [0, 0.05) is 12.4 Å². The first-order chi connectivity index (χ1) is 8.14. The minimum atomic E-state index is -0.841. The molecule has 98 valence electrons. The number of alkyl halides is 1. The monoisotopic (exact) mass is 262 g/mol. The first-order valence-corrected chi connectivity index (χ1v) is 6.47. The molecule has 0 spiro atoms. The Balaban J connectivity index is 2.59. The second-order valence-corrected chi connectivity index (χ2v) is 4.46. The Morgan fingerprint density at radius 1 is 1.35 bits per heavy atom. The summed E-state index contributed by atoms with van der Waals surface area (Å²) in [5, 5.41) is 5.32. The number of ether oxygens (including phenoxy) is 1. The average molecular weight is 263 g/mol. The van der Waals surface area contributed by atoms with E-state index >= 15 is 0 Å². The van der Waals surface area contributed by atoms with Crippen molar-refractivity contribution < 1.29 is 14.3 Å². The molecule has 1 saturated carbocycles. The van der Waals surface area contributed by atoms with Crippen molar-refractivity contribution in [3.63, 3.8) is 0 Å². The number of halogens is 1. The molecule has 1 aliphatic carbocycles. The number of urea groups is 1. The molecule has 0 aromatic heterocycles. The third-order valence-corrected chi connectivity index (χ3v) is 3.05. The van der Waals surface area contributed by atoms with Gasteiger partial charge in [-0.2, -0.15) is 0 Å². The highest BCUT2D eigenvalue weighted by Gasteiger charge is 2.43. The first-order valence-electron chi connectivity index (χ1n) is 5.94. The summed E-state index contributed by atoms with van der Waals surface area (Å²) < 4.78 is 5.03. The summed E-state index contributed by atoms with van der Waals surface area (Å²) in [7, 11) is 0. The van der Waals surface area contributed by atoms with E-state index in [1.165, 1.54) is 0 Å². The van der Waals surface area contributed by atoms with Gasteiger partial charge in [-0.15, -0.1) is 11.6 Å². The maximum absolute atomic E-state index is 11.9. The van der Waals surface area contributed by atoms with Crippen LogP contribution in [0.3, 0.4) is 0 Å². The molecular weight excluding hydrogens is 244 g/mol. The third kappa shape index (κ3) is 3.77. The molecule has 0 heterocycles. The zero-order valence-corrected chi connectivity index (χ0v) is 10.8. The van der Waals surface area contributed by atoms with Crippen molar-refractivity contribution in [3.8, 4) is 0 Å². The average Bonchev–Trinajstić information content (AvgIpc) is 2.76. The second kappa shape index (κ2) is 6.69. The zero-order chi connectivity index (χ0) is 12.7. The zero-order valence-electron chi connectivity index (χ0n) is 10.1. The van der Waals surface area contributed by atoms with E-state index in [1.54, 1.807) is 6.92 Å². The number of carbonyl (C=O) groups is 2. The van der Waals surface area contributed by atoms with Crippen molar-refractivity contribution in [1.82, 2.24) is 10.6 Å². The van der Waals surface area contributed by atoms with Crippen molar-refractivity contribution in [2.75, 3.05) is 19.0 Å². The van der Waals surface area contributed by atoms with Crippen molar-refractivity contribution in [1.29, 1.82) is 0 Å². The quantitative estimate of drug-likeness (QED) is 0.581. The summed E-state index contributed by atoms with van der Waals surface area (Å²) in [5.74, 6) is 0.0123. The molecule has 0 radical (unpaired) electrons. The third-order valence-electron chi connectivity index (χ3n) is 2.86. The summed E-state index contributed by atoms with van der Waals surface area (Å²) >= 11 is 5.48. The van der Waals surface area contributed by atoms with Crippen LogP contribution >= 0.6 is 11.6 Å². The molecule has 2 amide bonds. The van der Waals surface area contributed by atoms with Gasteiger partial charge in [0.25, 0.3) is 0 Å². The molecule has 1 aliphatic rings. The summed E-state index contributed by atoms with van der Waals surface area (Å²) in [6.45, 7) is 2.46. The summed E-state index contributed by atoms with van der Waals surface area (Å²) in [6, 6.07) is -0.361. The lowest BCUT2D eigenvalue weighted by Gasteiger charge is -2.27. The lowest BCUT2D eigenvalue weighted by atomic mass is 9.98. The number of carbonyl (C=O) groups excluding carboxylic acids is 2. The Labute approximate surface area is 106 Å². The van der Waals surface area contributed by atoms with Gasteiger partial charge in [-0.3, -0.25) is 0 Å². The van der Waals surface area contributed by atoms with E-state index in [0.717, 1.165) is 12.8 Å². The lowest BCUT2D eigenvalue weighted by Crippen LogP contribution is -2.56. The minimum absolute atomic E-state index is 0.325. The molecule has 0 aromatic carbocycles. The Kier molecular flexibility index (Phi) is 5.55. The van der Waals surface area contributed by atoms with Crippen molar-refractivity contribution in [3.05, 3.63) is 0 Å². The van der Waals surface area contributed by atoms with E-state index in [9.17, 15) is 9.59 Å². The van der Waals surface area contributed by atoms with Crippen LogP contribution in [0, 0.1) is 0 Å². The van der Waals surface area contributed by atoms with Crippen LogP contribution in [-0.4, -0.2) is 36.6 Å². The molecular formula is C11H19ClN2O3. The normalized spacial score (nSPS) is 17.5. The van der Waals surface area contributed by atoms with Crippen molar-refractivity contribution in [2.45, 2.75) is 38.1 Å². The summed E-state index contributed by atoms with van der Waals surface area (Å²) in [6.07, 6.45) is 3.13. The summed E-state index contributed by atoms with van der Waals surface area (Å²) in [4.78, 5) is 23.5. The highest BCUT2D eigenvalue weighted by Crippen LogP contribution is 2.30. The van der Waals surface area contributed by atoms with Crippen molar-refractivity contribution in [2.24, 2.45) is 0 Å². The molecule has 1 fully saturated rings. The van der Waals surface area contributed by atoms with Crippen LogP contribution < -0.4 is 10.6 Å². The number of rotatable bonds is 5. The van der Waals surface area contributed by atoms with E-state index in [4.69, 9.17) is 16.3 Å². The van der Waals surface area contributed by atoms with E-state index < -0.39 is 5.54 Å². The lowest BCUT2D eigenvalue weighted by molar-refractivity contribution is -0.150. The van der Waals surface area contributed by atoms with E-state index in [-0.39, 0.29) is 12.0 Å². The van der Waals surface area contributed by atoms with Gasteiger partial charge in [-0.1, -0.05) is 12.8 Å². The molecule has 0 unspecified atom stereocenters. The number of hydrogen-bond donors (Lipinski definition) is 2. The van der Waals surface area contributed by atoms with Gasteiger partial charge in [0.15, 0.2) is 0 Å². The maximum Gasteiger partial charge on any atom is 0.331 e. The highest BCUT2D eigenvalue weighted by atomic mass is 35.5. The maximum atomic E-state index is 11.9. The van der Waals surface area contributed by atoms with Gasteiger partial charge >= 0.3 is 12.0 Å². The largest absolute Gasteiger partial charge is 0.464 e. The van der Waals surface area contributed by atoms with Gasteiger partial charge in [-0.25, -0.2) is 9.59 Å². The number of amides is 2. The fourth-order valence-electron chi connectivity index (χ4n) is 2.05. The fourth-order valence-corrected chi connectivity index (χ4v) is 2.14. The van der Waals surface area contributed by atoms with Crippen LogP contribution in [0.1, 0.15) is 32.6 Å². The number of nitrogens with one attached hydrogen (secondary N) is 2. The Morgan fingerprint density at radius 2 is 2.00 bits per heavy atom. The highest BCUT2D eigenvalue weighted by molar-refractivity contribution is 6.18. The Morgan fingerprint density at radius 3 is 2.53 bits per heavy atom. The molecule has 0 bridgehead atoms. The molecule has 2 N–H and O–H groups in total. The standard InChI is InChI=1S/C11H19ClN2O3/c1-2-17-9(15)11(5-3-4-6-11)14-10(16)13-8-7-12/h2-8H2,1H3,(H2,13,14,16). The van der Waals surface area contributed by atoms with Crippen LogP contribution in [0.5, 0.6) is 0 Å². The molecule has 1 rings (SSSR count). The Bertz CT molecular complexity index is 278. The van der Waals surface area contributed by atoms with E-state index in [0.29, 0.717) is 31.9 Å². The first kappa shape index (κ1) is 14.1. The number of hydrogen-bond acceptors (Lipinski definition) is 3. The van der Waals surface area contributed by atoms with Gasteiger partial charge in [0.1, 0.15) is 5.54 Å². The Hall–Kier alpha value is -0.970. The van der Waals surface area contributed by atoms with Crippen LogP contribution in [0.2, 0.25) is 0 Å². The predicted molar refractivity (Wildman–Crippen MR) is 65.1 cm³/mol. The smallest absolute Gasteiger partial charge is 0.331 e. The number of esters is 1. The van der Waals surface area contributed by atoms with Gasteiger partial charge in [-0.05, 0) is 19.8 Å². The minimum Gasteiger partial charge on any atom is -0.464 e. The van der Waals surface area contributed by atoms with E-state index in [2.05, 4.69) is 10.6 Å². The van der Waals surface area contributed by atoms with Gasteiger partial charge in [0.2, 0.25) is 0 Å². The van der Waals surface area contributed by atoms with E-state index in [1.807, 2.05) is 0 Å². The summed E-state index contributed by atoms with van der Waals surface area (Å²) in [5.41, 5.74) is -0.841. The molecule has 0 aliphatic heterocycles. The fraction of sp³-hybridized carbons (Fsp3) is 0.818. The SMILES string of the molecule is CCOC(=O)C1(NC(=O)NCCCl)CCCC1.